The van der Waals surface area contributed by atoms with Crippen LogP contribution in [0, 0.1) is 23.6 Å². The van der Waals surface area contributed by atoms with Crippen LogP contribution >= 0.6 is 0 Å². The van der Waals surface area contributed by atoms with Gasteiger partial charge in [0.05, 0.1) is 35.1 Å². The molecule has 1 saturated carbocycles. The first kappa shape index (κ1) is 35.4. The summed E-state index contributed by atoms with van der Waals surface area (Å²) >= 11 is 0. The summed E-state index contributed by atoms with van der Waals surface area (Å²) in [5.41, 5.74) is 3.07. The second kappa shape index (κ2) is 14.5. The van der Waals surface area contributed by atoms with Gasteiger partial charge in [0, 0.05) is 55.3 Å². The number of amides is 1. The van der Waals surface area contributed by atoms with Gasteiger partial charge in [-0.1, -0.05) is 37.5 Å². The molecule has 0 spiro atoms. The third-order valence-electron chi connectivity index (χ3n) is 11.0. The summed E-state index contributed by atoms with van der Waals surface area (Å²) < 4.78 is 36.3. The van der Waals surface area contributed by atoms with Crippen molar-refractivity contribution >= 4 is 29.3 Å². The number of hydrogen-bond donors (Lipinski definition) is 3. The molecule has 2 aliphatic carbocycles. The van der Waals surface area contributed by atoms with Crippen LogP contribution in [0.2, 0.25) is 0 Å². The Morgan fingerprint density at radius 2 is 2.02 bits per heavy atom. The number of allylic oxidation sites excluding steroid dienone is 1. The average Bonchev–Trinajstić information content (AvgIpc) is 3.75. The van der Waals surface area contributed by atoms with E-state index >= 15 is 0 Å². The lowest BCUT2D eigenvalue weighted by Crippen LogP contribution is -2.46. The molecule has 2 aliphatic heterocycles. The largest absolute Gasteiger partial charge is 0.461 e. The van der Waals surface area contributed by atoms with Gasteiger partial charge in [0.25, 0.3) is 0 Å². The number of ether oxygens (including phenoxy) is 1. The minimum Gasteiger partial charge on any atom is -0.461 e. The maximum Gasteiger partial charge on any atom is 0.319 e. The number of benzene rings is 1. The fourth-order valence-electron chi connectivity index (χ4n) is 8.32. The Bertz CT molecular complexity index is 1910. The van der Waals surface area contributed by atoms with Gasteiger partial charge < -0.3 is 30.3 Å². The summed E-state index contributed by atoms with van der Waals surface area (Å²) in [6.45, 7) is 7.22. The number of β-amino-alcohol motifs (C(OH)–C–C–N with tert-alkyl or cyclic N) is 1. The topological polar surface area (TPSA) is 116 Å². The zero-order chi connectivity index (χ0) is 36.5. The Labute approximate surface area is 303 Å². The zero-order valence-electron chi connectivity index (χ0n) is 29.5. The number of terminal acetylenes is 1. The maximum absolute atomic E-state index is 15.0. The van der Waals surface area contributed by atoms with Crippen molar-refractivity contribution in [2.45, 2.75) is 76.1 Å². The van der Waals surface area contributed by atoms with Crippen LogP contribution in [0.5, 0.6) is 6.01 Å². The van der Waals surface area contributed by atoms with E-state index in [1.165, 1.54) is 12.1 Å². The van der Waals surface area contributed by atoms with Crippen molar-refractivity contribution in [1.29, 1.82) is 0 Å². The zero-order valence-corrected chi connectivity index (χ0v) is 29.5. The van der Waals surface area contributed by atoms with Crippen molar-refractivity contribution in [3.05, 3.63) is 83.1 Å². The minimum absolute atomic E-state index is 0.118. The van der Waals surface area contributed by atoms with Gasteiger partial charge in [-0.25, -0.2) is 13.8 Å². The van der Waals surface area contributed by atoms with Crippen LogP contribution in [0.15, 0.2) is 54.9 Å². The Morgan fingerprint density at radius 1 is 1.19 bits per heavy atom. The number of carbonyl (C=O) groups excluding carboxylic acids is 1. The number of anilines is 3. The number of aliphatic hydroxyl groups is 1. The van der Waals surface area contributed by atoms with Crippen molar-refractivity contribution in [3.8, 4) is 18.4 Å². The first-order chi connectivity index (χ1) is 25.1. The number of alkyl halides is 1. The number of halogens is 2. The molecule has 10 nitrogen and oxygen atoms in total. The monoisotopic (exact) mass is 709 g/mol. The van der Waals surface area contributed by atoms with Crippen LogP contribution in [-0.2, 0) is 17.6 Å². The maximum atomic E-state index is 15.0. The molecule has 0 unspecified atom stereocenters. The van der Waals surface area contributed by atoms with Crippen LogP contribution in [0.3, 0.4) is 0 Å². The molecule has 3 aromatic rings. The summed E-state index contributed by atoms with van der Waals surface area (Å²) in [7, 11) is 0. The molecule has 0 bridgehead atoms. The van der Waals surface area contributed by atoms with Gasteiger partial charge in [-0.2, -0.15) is 9.97 Å². The number of fused-ring (bicyclic) bond motifs is 2. The van der Waals surface area contributed by atoms with Crippen molar-refractivity contribution in [1.82, 2.24) is 20.3 Å². The molecule has 4 aliphatic rings. The van der Waals surface area contributed by atoms with E-state index in [9.17, 15) is 18.7 Å². The lowest BCUT2D eigenvalue weighted by molar-refractivity contribution is -0.116. The molecule has 52 heavy (non-hydrogen) atoms. The molecule has 3 N–H and O–H groups in total. The average molecular weight is 710 g/mol. The van der Waals surface area contributed by atoms with Crippen molar-refractivity contribution in [3.63, 3.8) is 0 Å². The predicted octanol–water partition coefficient (Wildman–Crippen LogP) is 5.36. The fourth-order valence-corrected chi connectivity index (χ4v) is 8.32. The Hall–Kier alpha value is -5.02. The summed E-state index contributed by atoms with van der Waals surface area (Å²) in [6.07, 6.45) is 14.8. The second-order valence-electron chi connectivity index (χ2n) is 14.8. The van der Waals surface area contributed by atoms with E-state index in [0.29, 0.717) is 55.4 Å². The molecular formula is C40H45F2N7O3. The molecule has 7 rings (SSSR count). The van der Waals surface area contributed by atoms with E-state index in [-0.39, 0.29) is 49.0 Å². The third-order valence-corrected chi connectivity index (χ3v) is 11.0. The number of aliphatic hydroxyl groups excluding tert-OH is 1. The number of nitrogens with zero attached hydrogens (tertiary/aromatic N) is 5. The smallest absolute Gasteiger partial charge is 0.319 e. The van der Waals surface area contributed by atoms with Gasteiger partial charge >= 0.3 is 6.01 Å². The summed E-state index contributed by atoms with van der Waals surface area (Å²) in [4.78, 5) is 30.2. The quantitative estimate of drug-likeness (QED) is 0.179. The lowest BCUT2D eigenvalue weighted by Gasteiger charge is -2.38. The molecule has 0 radical (unpaired) electrons. The molecule has 2 fully saturated rings. The first-order valence-corrected chi connectivity index (χ1v) is 18.0. The fraction of sp³-hybridized carbons (Fsp3) is 0.450. The van der Waals surface area contributed by atoms with E-state index in [1.54, 1.807) is 12.3 Å². The third kappa shape index (κ3) is 7.06. The molecule has 3 atom stereocenters. The number of pyridine rings is 1. The normalized spacial score (nSPS) is 23.2. The Morgan fingerprint density at radius 3 is 2.77 bits per heavy atom. The van der Waals surface area contributed by atoms with Crippen LogP contribution < -0.4 is 25.2 Å². The van der Waals surface area contributed by atoms with E-state index in [0.717, 1.165) is 42.5 Å². The van der Waals surface area contributed by atoms with Gasteiger partial charge in [0.2, 0.25) is 5.91 Å². The highest BCUT2D eigenvalue weighted by atomic mass is 19.1. The number of aromatic nitrogens is 3. The molecule has 1 aromatic carbocycles. The summed E-state index contributed by atoms with van der Waals surface area (Å²) in [5.74, 6) is 3.15. The number of hydrogen-bond acceptors (Lipinski definition) is 9. The summed E-state index contributed by atoms with van der Waals surface area (Å²) in [6, 6.07) is 8.75. The van der Waals surface area contributed by atoms with Crippen LogP contribution in [0.25, 0.3) is 6.08 Å². The Kier molecular flexibility index (Phi) is 9.90. The highest BCUT2D eigenvalue weighted by Crippen LogP contribution is 2.41. The SMILES string of the molecule is C#Cc1c(F)ccc2c1N(C1=Cc3nc(OC[C@]4(C)C[C@@H](F)CN4c4ccccn4)nc(NCC4(CNC(=O)C=C)CCCC4)c3CC1)C[C@@H](O)C2. The van der Waals surface area contributed by atoms with Crippen LogP contribution in [0.4, 0.5) is 26.1 Å². The number of carbonyl (C=O) groups is 1. The molecule has 12 heteroatoms. The van der Waals surface area contributed by atoms with Crippen LogP contribution in [-0.4, -0.2) is 76.6 Å². The first-order valence-electron chi connectivity index (χ1n) is 18.0. The molecule has 4 heterocycles. The van der Waals surface area contributed by atoms with E-state index in [4.69, 9.17) is 21.1 Å². The van der Waals surface area contributed by atoms with Gasteiger partial charge in [-0.3, -0.25) is 4.79 Å². The number of nitrogens with one attached hydrogen (secondary N) is 2. The molecule has 1 saturated heterocycles. The van der Waals surface area contributed by atoms with E-state index in [2.05, 4.69) is 28.1 Å². The standard InChI is InChI=1S/C40H45F2N7O3/c1-4-30-32(42)14-11-26-18-29(50)22-48(36(26)30)28-12-13-31-33(19-28)46-38(47-37(31)45-24-40(15-7-8-16-40)23-44-35(51)5-2)52-25-39(3)20-27(41)21-49(39)34-10-6-9-17-43-34/h1,5-6,9-11,14,17,19,27,29,50H,2,7-8,12-13,15-16,18,20-25H2,3H3,(H,44,51)(H,45,46,47)/t27-,29+,39+/m1/s1. The lowest BCUT2D eigenvalue weighted by atomic mass is 9.85. The van der Waals surface area contributed by atoms with Gasteiger partial charge in [-0.15, -0.1) is 6.42 Å². The van der Waals surface area contributed by atoms with Crippen molar-refractivity contribution < 1.29 is 23.4 Å². The molecule has 1 amide bonds. The van der Waals surface area contributed by atoms with Crippen molar-refractivity contribution in [2.75, 3.05) is 47.9 Å². The number of rotatable bonds is 11. The highest BCUT2D eigenvalue weighted by molar-refractivity contribution is 5.86. The van der Waals surface area contributed by atoms with E-state index in [1.807, 2.05) is 41.0 Å². The second-order valence-corrected chi connectivity index (χ2v) is 14.8. The van der Waals surface area contributed by atoms with Gasteiger partial charge in [0.15, 0.2) is 0 Å². The summed E-state index contributed by atoms with van der Waals surface area (Å²) in [5, 5.41) is 17.5. The highest BCUT2D eigenvalue weighted by Gasteiger charge is 2.44. The Balaban J connectivity index is 1.23. The van der Waals surface area contributed by atoms with E-state index < -0.39 is 23.6 Å². The van der Waals surface area contributed by atoms with Gasteiger partial charge in [-0.05, 0) is 68.5 Å². The van der Waals surface area contributed by atoms with Crippen molar-refractivity contribution in [2.24, 2.45) is 5.41 Å². The molecule has 272 valence electrons. The predicted molar refractivity (Wildman–Crippen MR) is 197 cm³/mol. The van der Waals surface area contributed by atoms with Gasteiger partial charge in [0.1, 0.15) is 30.2 Å². The minimum atomic E-state index is -1.05. The molecular weight excluding hydrogens is 664 g/mol. The molecule has 2 aromatic heterocycles. The van der Waals surface area contributed by atoms with Crippen LogP contribution in [0.1, 0.15) is 67.8 Å².